The lowest BCUT2D eigenvalue weighted by Crippen LogP contribution is -2.29. The van der Waals surface area contributed by atoms with Crippen molar-refractivity contribution in [1.29, 1.82) is 0 Å². The number of nitrogens with zero attached hydrogens (tertiary/aromatic N) is 5. The molecule has 8 nitrogen and oxygen atoms in total. The number of hydrogen-bond acceptors (Lipinski definition) is 7. The summed E-state index contributed by atoms with van der Waals surface area (Å²) in [6.45, 7) is 0.795. The third kappa shape index (κ3) is 5.56. The number of imidazole rings is 1. The maximum Gasteiger partial charge on any atom is 0.416 e. The summed E-state index contributed by atoms with van der Waals surface area (Å²) in [5.74, 6) is 0.986. The van der Waals surface area contributed by atoms with Crippen LogP contribution in [-0.2, 0) is 19.3 Å². The van der Waals surface area contributed by atoms with Crippen LogP contribution in [0.15, 0.2) is 55.1 Å². The third-order valence-corrected chi connectivity index (χ3v) is 6.31. The van der Waals surface area contributed by atoms with Gasteiger partial charge in [0.25, 0.3) is 0 Å². The molecule has 0 bridgehead atoms. The fourth-order valence-electron chi connectivity index (χ4n) is 4.33. The largest absolute Gasteiger partial charge is 0.416 e. The van der Waals surface area contributed by atoms with Crippen LogP contribution in [0.5, 0.6) is 0 Å². The molecule has 1 aliphatic carbocycles. The van der Waals surface area contributed by atoms with Crippen LogP contribution in [0, 0.1) is 0 Å². The molecular weight excluding hydrogens is 471 g/mol. The SMILES string of the molecule is OC1CCC(Nc2nc(NCc3cccnc3)c3ncn(Cc4ccc(C(F)(F)F)cc4)c3n2)CC1. The molecule has 1 saturated carbocycles. The number of nitrogens with one attached hydrogen (secondary N) is 2. The van der Waals surface area contributed by atoms with Gasteiger partial charge < -0.3 is 20.3 Å². The average molecular weight is 498 g/mol. The summed E-state index contributed by atoms with van der Waals surface area (Å²) < 4.78 is 40.6. The second-order valence-corrected chi connectivity index (χ2v) is 9.00. The van der Waals surface area contributed by atoms with Gasteiger partial charge in [0, 0.05) is 25.0 Å². The lowest BCUT2D eigenvalue weighted by atomic mass is 9.93. The molecule has 188 valence electrons. The number of aromatic nitrogens is 5. The molecule has 3 N–H and O–H groups in total. The van der Waals surface area contributed by atoms with Gasteiger partial charge in [-0.05, 0) is 55.0 Å². The predicted octanol–water partition coefficient (Wildman–Crippen LogP) is 4.62. The number of aliphatic hydroxyl groups excluding tert-OH is 1. The van der Waals surface area contributed by atoms with Crippen molar-refractivity contribution in [2.75, 3.05) is 10.6 Å². The van der Waals surface area contributed by atoms with E-state index in [1.54, 1.807) is 23.3 Å². The van der Waals surface area contributed by atoms with Gasteiger partial charge in [0.15, 0.2) is 17.0 Å². The second-order valence-electron chi connectivity index (χ2n) is 9.00. The number of rotatable bonds is 7. The summed E-state index contributed by atoms with van der Waals surface area (Å²) in [5, 5.41) is 16.5. The average Bonchev–Trinajstić information content (AvgIpc) is 3.27. The van der Waals surface area contributed by atoms with Crippen molar-refractivity contribution >= 4 is 22.9 Å². The number of hydrogen-bond donors (Lipinski definition) is 3. The maximum absolute atomic E-state index is 12.9. The van der Waals surface area contributed by atoms with E-state index in [2.05, 4.69) is 25.6 Å². The molecule has 5 rings (SSSR count). The highest BCUT2D eigenvalue weighted by atomic mass is 19.4. The molecular formula is C25H26F3N7O. The molecule has 0 unspecified atom stereocenters. The van der Waals surface area contributed by atoms with E-state index in [-0.39, 0.29) is 12.1 Å². The zero-order valence-electron chi connectivity index (χ0n) is 19.4. The van der Waals surface area contributed by atoms with Crippen molar-refractivity contribution in [3.63, 3.8) is 0 Å². The predicted molar refractivity (Wildman–Crippen MR) is 129 cm³/mol. The van der Waals surface area contributed by atoms with Gasteiger partial charge in [-0.2, -0.15) is 23.1 Å². The lowest BCUT2D eigenvalue weighted by molar-refractivity contribution is -0.137. The molecule has 4 aromatic rings. The van der Waals surface area contributed by atoms with E-state index >= 15 is 0 Å². The van der Waals surface area contributed by atoms with Crippen LogP contribution in [-0.4, -0.2) is 41.8 Å². The van der Waals surface area contributed by atoms with Crippen LogP contribution in [0.2, 0.25) is 0 Å². The third-order valence-electron chi connectivity index (χ3n) is 6.31. The molecule has 0 spiro atoms. The molecule has 0 radical (unpaired) electrons. The Labute approximate surface area is 205 Å². The first kappa shape index (κ1) is 24.0. The minimum absolute atomic E-state index is 0.142. The van der Waals surface area contributed by atoms with Gasteiger partial charge in [0.05, 0.1) is 24.5 Å². The molecule has 0 amide bonds. The number of pyridine rings is 1. The van der Waals surface area contributed by atoms with E-state index in [4.69, 9.17) is 4.98 Å². The van der Waals surface area contributed by atoms with Crippen LogP contribution in [0.1, 0.15) is 42.4 Å². The minimum Gasteiger partial charge on any atom is -0.393 e. The Balaban J connectivity index is 1.43. The zero-order chi connectivity index (χ0) is 25.1. The molecule has 11 heteroatoms. The molecule has 0 aliphatic heterocycles. The van der Waals surface area contributed by atoms with Crippen molar-refractivity contribution in [2.24, 2.45) is 0 Å². The number of alkyl halides is 3. The van der Waals surface area contributed by atoms with E-state index in [9.17, 15) is 18.3 Å². The highest BCUT2D eigenvalue weighted by Gasteiger charge is 2.30. The molecule has 0 atom stereocenters. The summed E-state index contributed by atoms with van der Waals surface area (Å²) in [7, 11) is 0. The highest BCUT2D eigenvalue weighted by molar-refractivity contribution is 5.84. The monoisotopic (exact) mass is 497 g/mol. The van der Waals surface area contributed by atoms with Gasteiger partial charge >= 0.3 is 6.18 Å². The van der Waals surface area contributed by atoms with Gasteiger partial charge in [-0.1, -0.05) is 18.2 Å². The van der Waals surface area contributed by atoms with E-state index in [1.165, 1.54) is 12.1 Å². The number of anilines is 2. The Morgan fingerprint density at radius 2 is 1.78 bits per heavy atom. The van der Waals surface area contributed by atoms with E-state index < -0.39 is 11.7 Å². The highest BCUT2D eigenvalue weighted by Crippen LogP contribution is 2.30. The Morgan fingerprint density at radius 1 is 1.00 bits per heavy atom. The number of benzene rings is 1. The molecule has 1 aliphatic rings. The Hall–Kier alpha value is -3.73. The molecule has 3 aromatic heterocycles. The summed E-state index contributed by atoms with van der Waals surface area (Å²) in [4.78, 5) is 18.0. The fraction of sp³-hybridized carbons (Fsp3) is 0.360. The van der Waals surface area contributed by atoms with Gasteiger partial charge in [-0.25, -0.2) is 4.98 Å². The second kappa shape index (κ2) is 10.1. The summed E-state index contributed by atoms with van der Waals surface area (Å²) in [6, 6.07) is 9.03. The van der Waals surface area contributed by atoms with Gasteiger partial charge in [-0.15, -0.1) is 0 Å². The number of halogens is 3. The first-order valence-electron chi connectivity index (χ1n) is 11.8. The molecule has 0 saturated heterocycles. The van der Waals surface area contributed by atoms with Gasteiger partial charge in [0.2, 0.25) is 5.95 Å². The normalized spacial score (nSPS) is 18.3. The van der Waals surface area contributed by atoms with Gasteiger partial charge in [0.1, 0.15) is 0 Å². The van der Waals surface area contributed by atoms with E-state index in [0.717, 1.165) is 43.4 Å². The molecule has 1 aromatic carbocycles. The van der Waals surface area contributed by atoms with Crippen molar-refractivity contribution in [2.45, 2.75) is 57.1 Å². The quantitative estimate of drug-likeness (QED) is 0.343. The van der Waals surface area contributed by atoms with Crippen molar-refractivity contribution in [3.8, 4) is 0 Å². The smallest absolute Gasteiger partial charge is 0.393 e. The molecule has 36 heavy (non-hydrogen) atoms. The van der Waals surface area contributed by atoms with Crippen molar-refractivity contribution in [3.05, 3.63) is 71.8 Å². The molecule has 1 fully saturated rings. The maximum atomic E-state index is 12.9. The Morgan fingerprint density at radius 3 is 2.47 bits per heavy atom. The first-order valence-corrected chi connectivity index (χ1v) is 11.8. The van der Waals surface area contributed by atoms with E-state index in [0.29, 0.717) is 41.6 Å². The van der Waals surface area contributed by atoms with Crippen molar-refractivity contribution < 1.29 is 18.3 Å². The fourth-order valence-corrected chi connectivity index (χ4v) is 4.33. The topological polar surface area (TPSA) is 101 Å². The summed E-state index contributed by atoms with van der Waals surface area (Å²) in [5.41, 5.74) is 2.12. The van der Waals surface area contributed by atoms with Crippen LogP contribution in [0.4, 0.5) is 24.9 Å². The van der Waals surface area contributed by atoms with Crippen LogP contribution in [0.25, 0.3) is 11.2 Å². The van der Waals surface area contributed by atoms with Crippen LogP contribution < -0.4 is 10.6 Å². The standard InChI is InChI=1S/C25H26F3N7O/c26-25(27,28)18-5-3-16(4-6-18)14-35-15-31-21-22(30-13-17-2-1-11-29-12-17)33-24(34-23(21)35)32-19-7-9-20(36)10-8-19/h1-6,11-12,15,19-20,36H,7-10,13-14H2,(H2,30,32,33,34). The van der Waals surface area contributed by atoms with Crippen LogP contribution in [0.3, 0.4) is 0 Å². The van der Waals surface area contributed by atoms with E-state index in [1.807, 2.05) is 12.1 Å². The molecule has 3 heterocycles. The van der Waals surface area contributed by atoms with Crippen LogP contribution >= 0.6 is 0 Å². The summed E-state index contributed by atoms with van der Waals surface area (Å²) >= 11 is 0. The Bertz CT molecular complexity index is 1300. The number of fused-ring (bicyclic) bond motifs is 1. The number of aliphatic hydroxyl groups is 1. The van der Waals surface area contributed by atoms with Gasteiger partial charge in [-0.3, -0.25) is 4.98 Å². The Kier molecular flexibility index (Phi) is 6.73. The summed E-state index contributed by atoms with van der Waals surface area (Å²) in [6.07, 6.45) is 3.51. The van der Waals surface area contributed by atoms with Crippen molar-refractivity contribution in [1.82, 2.24) is 24.5 Å². The zero-order valence-corrected chi connectivity index (χ0v) is 19.4. The lowest BCUT2D eigenvalue weighted by Gasteiger charge is -2.26. The minimum atomic E-state index is -4.38. The first-order chi connectivity index (χ1) is 17.3.